The van der Waals surface area contributed by atoms with Crippen molar-refractivity contribution in [2.75, 3.05) is 11.9 Å². The summed E-state index contributed by atoms with van der Waals surface area (Å²) < 4.78 is 1.36. The Balaban J connectivity index is 2.27. The van der Waals surface area contributed by atoms with Crippen molar-refractivity contribution in [3.63, 3.8) is 0 Å². The molecule has 0 aromatic carbocycles. The van der Waals surface area contributed by atoms with Gasteiger partial charge < -0.3 is 15.0 Å². The van der Waals surface area contributed by atoms with Crippen molar-refractivity contribution in [3.05, 3.63) is 27.9 Å². The fourth-order valence-corrected chi connectivity index (χ4v) is 3.32. The minimum absolute atomic E-state index is 0.0569. The van der Waals surface area contributed by atoms with E-state index in [4.69, 9.17) is 0 Å². The predicted octanol–water partition coefficient (Wildman–Crippen LogP) is 2.71. The van der Waals surface area contributed by atoms with Gasteiger partial charge in [-0.15, -0.1) is 0 Å². The fourth-order valence-electron chi connectivity index (χ4n) is 2.65. The van der Waals surface area contributed by atoms with Crippen LogP contribution >= 0.6 is 15.9 Å². The van der Waals surface area contributed by atoms with Crippen LogP contribution in [0, 0.1) is 10.1 Å². The summed E-state index contributed by atoms with van der Waals surface area (Å²) in [7, 11) is 1.56. The average Bonchev–Trinajstić information content (AvgIpc) is 2.66. The number of rotatable bonds is 3. The molecule has 1 atom stereocenters. The maximum Gasteiger partial charge on any atom is 0.323 e. The zero-order chi connectivity index (χ0) is 14.7. The van der Waals surface area contributed by atoms with E-state index >= 15 is 0 Å². The molecule has 1 aromatic rings. The monoisotopic (exact) mass is 343 g/mol. The van der Waals surface area contributed by atoms with E-state index in [2.05, 4.69) is 15.9 Å². The zero-order valence-electron chi connectivity index (χ0n) is 11.4. The number of nitro groups is 1. The van der Waals surface area contributed by atoms with Gasteiger partial charge in [0, 0.05) is 24.0 Å². The van der Waals surface area contributed by atoms with Crippen molar-refractivity contribution >= 4 is 27.7 Å². The van der Waals surface area contributed by atoms with Crippen LogP contribution in [-0.2, 0) is 7.05 Å². The molecule has 1 saturated heterocycles. The molecule has 0 radical (unpaired) electrons. The van der Waals surface area contributed by atoms with E-state index in [1.165, 1.54) is 16.7 Å². The van der Waals surface area contributed by atoms with Crippen LogP contribution in [0.3, 0.4) is 0 Å². The Bertz CT molecular complexity index is 515. The van der Waals surface area contributed by atoms with E-state index in [9.17, 15) is 14.9 Å². The Morgan fingerprint density at radius 2 is 2.20 bits per heavy atom. The molecule has 1 aliphatic heterocycles. The Labute approximate surface area is 126 Å². The minimum atomic E-state index is -0.471. The zero-order valence-corrected chi connectivity index (χ0v) is 13.0. The summed E-state index contributed by atoms with van der Waals surface area (Å²) in [6.45, 7) is 0.716. The summed E-state index contributed by atoms with van der Waals surface area (Å²) in [5.74, 6) is -0.175. The topological polar surface area (TPSA) is 68.4 Å². The van der Waals surface area contributed by atoms with Crippen LogP contribution in [0.2, 0.25) is 0 Å². The van der Waals surface area contributed by atoms with Gasteiger partial charge in [-0.25, -0.2) is 4.57 Å². The molecule has 1 fully saturated rings. The number of nitrogens with zero attached hydrogens (tertiary/aromatic N) is 3. The molecule has 110 valence electrons. The molecular weight excluding hydrogens is 326 g/mol. The highest BCUT2D eigenvalue weighted by Gasteiger charge is 2.30. The number of halogens is 1. The van der Waals surface area contributed by atoms with Crippen LogP contribution in [0.4, 0.5) is 5.82 Å². The highest BCUT2D eigenvalue weighted by Crippen LogP contribution is 2.23. The Hall–Kier alpha value is -1.37. The first-order valence-corrected chi connectivity index (χ1v) is 7.85. The molecule has 0 N–H and O–H groups in total. The lowest BCUT2D eigenvalue weighted by Gasteiger charge is -2.28. The van der Waals surface area contributed by atoms with Gasteiger partial charge in [0.1, 0.15) is 0 Å². The van der Waals surface area contributed by atoms with Gasteiger partial charge in [0.15, 0.2) is 5.69 Å². The molecule has 0 aliphatic carbocycles. The SMILES string of the molecule is Cn1c(C(=O)N2CCCCCC2CBr)ccc1[N+](=O)[O-]. The maximum atomic E-state index is 12.6. The van der Waals surface area contributed by atoms with Gasteiger partial charge in [-0.05, 0) is 23.8 Å². The number of likely N-dealkylation sites (tertiary alicyclic amines) is 1. The highest BCUT2D eigenvalue weighted by atomic mass is 79.9. The largest absolute Gasteiger partial charge is 0.358 e. The lowest BCUT2D eigenvalue weighted by molar-refractivity contribution is -0.391. The Morgan fingerprint density at radius 1 is 1.45 bits per heavy atom. The summed E-state index contributed by atoms with van der Waals surface area (Å²) in [6.07, 6.45) is 4.21. The number of amides is 1. The van der Waals surface area contributed by atoms with Gasteiger partial charge in [-0.2, -0.15) is 0 Å². The molecule has 7 heteroatoms. The highest BCUT2D eigenvalue weighted by molar-refractivity contribution is 9.09. The van der Waals surface area contributed by atoms with Crippen LogP contribution in [-0.4, -0.2) is 38.2 Å². The number of alkyl halides is 1. The minimum Gasteiger partial charge on any atom is -0.358 e. The van der Waals surface area contributed by atoms with Crippen molar-refractivity contribution in [1.29, 1.82) is 0 Å². The van der Waals surface area contributed by atoms with Crippen molar-refractivity contribution in [1.82, 2.24) is 9.47 Å². The molecule has 2 rings (SSSR count). The molecule has 0 spiro atoms. The normalized spacial score (nSPS) is 19.7. The molecule has 2 heterocycles. The lowest BCUT2D eigenvalue weighted by atomic mass is 10.1. The summed E-state index contributed by atoms with van der Waals surface area (Å²) in [6, 6.07) is 3.09. The number of carbonyl (C=O) groups is 1. The predicted molar refractivity (Wildman–Crippen MR) is 79.2 cm³/mol. The Kier molecular flexibility index (Phi) is 4.80. The van der Waals surface area contributed by atoms with Crippen LogP contribution in [0.1, 0.15) is 36.2 Å². The fraction of sp³-hybridized carbons (Fsp3) is 0.615. The van der Waals surface area contributed by atoms with E-state index in [1.807, 2.05) is 4.90 Å². The first-order valence-electron chi connectivity index (χ1n) is 6.73. The van der Waals surface area contributed by atoms with Gasteiger partial charge in [-0.3, -0.25) is 4.79 Å². The molecule has 1 aliphatic rings. The van der Waals surface area contributed by atoms with Gasteiger partial charge in [0.25, 0.3) is 5.91 Å². The molecule has 1 unspecified atom stereocenters. The van der Waals surface area contributed by atoms with E-state index in [1.54, 1.807) is 7.05 Å². The number of hydrogen-bond acceptors (Lipinski definition) is 3. The van der Waals surface area contributed by atoms with Crippen LogP contribution in [0.15, 0.2) is 12.1 Å². The van der Waals surface area contributed by atoms with Crippen molar-refractivity contribution < 1.29 is 9.72 Å². The number of hydrogen-bond donors (Lipinski definition) is 0. The van der Waals surface area contributed by atoms with E-state index in [0.29, 0.717) is 12.2 Å². The molecule has 6 nitrogen and oxygen atoms in total. The second-order valence-electron chi connectivity index (χ2n) is 5.05. The van der Waals surface area contributed by atoms with Gasteiger partial charge >= 0.3 is 5.82 Å². The van der Waals surface area contributed by atoms with Gasteiger partial charge in [-0.1, -0.05) is 28.8 Å². The van der Waals surface area contributed by atoms with Crippen LogP contribution < -0.4 is 0 Å². The van der Waals surface area contributed by atoms with Crippen LogP contribution in [0.5, 0.6) is 0 Å². The van der Waals surface area contributed by atoms with E-state index in [0.717, 1.165) is 31.0 Å². The number of aromatic nitrogens is 1. The quantitative estimate of drug-likeness (QED) is 0.481. The molecular formula is C13H18BrN3O3. The van der Waals surface area contributed by atoms with Crippen LogP contribution in [0.25, 0.3) is 0 Å². The lowest BCUT2D eigenvalue weighted by Crippen LogP contribution is -2.41. The van der Waals surface area contributed by atoms with Gasteiger partial charge in [0.05, 0.1) is 7.05 Å². The van der Waals surface area contributed by atoms with E-state index in [-0.39, 0.29) is 17.8 Å². The molecule has 0 bridgehead atoms. The van der Waals surface area contributed by atoms with Gasteiger partial charge in [0.2, 0.25) is 0 Å². The summed E-state index contributed by atoms with van der Waals surface area (Å²) >= 11 is 3.46. The first kappa shape index (κ1) is 15.0. The standard InChI is InChI=1S/C13H18BrN3O3/c1-15-11(6-7-12(15)17(19)20)13(18)16-8-4-2-3-5-10(16)9-14/h6-7,10H,2-5,8-9H2,1H3. The third-order valence-electron chi connectivity index (χ3n) is 3.82. The smallest absolute Gasteiger partial charge is 0.323 e. The molecule has 1 amide bonds. The summed E-state index contributed by atoms with van der Waals surface area (Å²) in [5.41, 5.74) is 0.379. The molecule has 1 aromatic heterocycles. The Morgan fingerprint density at radius 3 is 2.80 bits per heavy atom. The molecule has 20 heavy (non-hydrogen) atoms. The van der Waals surface area contributed by atoms with Crippen molar-refractivity contribution in [2.24, 2.45) is 7.05 Å². The average molecular weight is 344 g/mol. The van der Waals surface area contributed by atoms with Crippen molar-refractivity contribution in [2.45, 2.75) is 31.7 Å². The third kappa shape index (κ3) is 2.87. The second kappa shape index (κ2) is 6.39. The van der Waals surface area contributed by atoms with E-state index < -0.39 is 4.92 Å². The third-order valence-corrected chi connectivity index (χ3v) is 4.56. The molecule has 0 saturated carbocycles. The summed E-state index contributed by atoms with van der Waals surface area (Å²) in [5, 5.41) is 11.6. The first-order chi connectivity index (χ1) is 9.56. The van der Waals surface area contributed by atoms with Crippen molar-refractivity contribution in [3.8, 4) is 0 Å². The maximum absolute atomic E-state index is 12.6. The number of carbonyl (C=O) groups excluding carboxylic acids is 1. The summed E-state index contributed by atoms with van der Waals surface area (Å²) in [4.78, 5) is 24.9. The second-order valence-corrected chi connectivity index (χ2v) is 5.70.